The highest BCUT2D eigenvalue weighted by atomic mass is 19.1. The Balaban J connectivity index is 1.54. The lowest BCUT2D eigenvalue weighted by atomic mass is 10.1. The van der Waals surface area contributed by atoms with Gasteiger partial charge in [-0.25, -0.2) is 23.5 Å². The first kappa shape index (κ1) is 25.3. The molecule has 196 valence electrons. The standard InChI is InChI=1S/C27H25F2N5O4/c1-15(35)23-25(34-10-3-8-30-9-11-34)19-7-5-17(13-22(19)38-26(23)36)32-27-31-14-20(29)24(33-27)18-6-4-16(28)12-21(18)37-2/h4-7,12-14,30H,3,8-11H2,1-2H3,(H,31,32,33). The van der Waals surface area contributed by atoms with Gasteiger partial charge < -0.3 is 24.7 Å². The molecule has 1 fully saturated rings. The molecule has 2 N–H and O–H groups in total. The number of nitrogens with one attached hydrogen (secondary N) is 2. The molecule has 2 aromatic carbocycles. The summed E-state index contributed by atoms with van der Waals surface area (Å²) in [5, 5.41) is 6.94. The van der Waals surface area contributed by atoms with Crippen molar-refractivity contribution in [2.24, 2.45) is 0 Å². The predicted molar refractivity (Wildman–Crippen MR) is 139 cm³/mol. The van der Waals surface area contributed by atoms with Crippen LogP contribution in [-0.2, 0) is 0 Å². The molecule has 0 saturated carbocycles. The summed E-state index contributed by atoms with van der Waals surface area (Å²) in [6.07, 6.45) is 1.86. The van der Waals surface area contributed by atoms with E-state index in [0.29, 0.717) is 29.9 Å². The second kappa shape index (κ2) is 10.5. The van der Waals surface area contributed by atoms with Gasteiger partial charge in [0, 0.05) is 48.4 Å². The van der Waals surface area contributed by atoms with Gasteiger partial charge in [-0.1, -0.05) is 0 Å². The third-order valence-electron chi connectivity index (χ3n) is 6.31. The van der Waals surface area contributed by atoms with Gasteiger partial charge in [0.1, 0.15) is 28.4 Å². The SMILES string of the molecule is COc1cc(F)ccc1-c1nc(Nc2ccc3c(N4CCCNCC4)c(C(C)=O)c(=O)oc3c2)ncc1F. The van der Waals surface area contributed by atoms with Gasteiger partial charge in [-0.2, -0.15) is 0 Å². The van der Waals surface area contributed by atoms with Gasteiger partial charge in [0.15, 0.2) is 11.6 Å². The number of carbonyl (C=O) groups excluding carboxylic acids is 1. The van der Waals surface area contributed by atoms with E-state index in [2.05, 4.69) is 20.6 Å². The maximum absolute atomic E-state index is 14.6. The molecule has 38 heavy (non-hydrogen) atoms. The van der Waals surface area contributed by atoms with E-state index in [4.69, 9.17) is 9.15 Å². The van der Waals surface area contributed by atoms with Crippen molar-refractivity contribution in [3.05, 3.63) is 70.2 Å². The van der Waals surface area contributed by atoms with Gasteiger partial charge in [-0.05, 0) is 44.2 Å². The highest BCUT2D eigenvalue weighted by Crippen LogP contribution is 2.34. The van der Waals surface area contributed by atoms with Gasteiger partial charge >= 0.3 is 5.63 Å². The van der Waals surface area contributed by atoms with Crippen LogP contribution in [-0.4, -0.2) is 49.0 Å². The van der Waals surface area contributed by atoms with E-state index in [1.54, 1.807) is 18.2 Å². The van der Waals surface area contributed by atoms with Gasteiger partial charge in [0.2, 0.25) is 5.95 Å². The van der Waals surface area contributed by atoms with Crippen LogP contribution in [0.3, 0.4) is 0 Å². The minimum Gasteiger partial charge on any atom is -0.496 e. The summed E-state index contributed by atoms with van der Waals surface area (Å²) in [6, 6.07) is 8.80. The van der Waals surface area contributed by atoms with Crippen LogP contribution >= 0.6 is 0 Å². The van der Waals surface area contributed by atoms with Crippen molar-refractivity contribution >= 4 is 34.1 Å². The maximum Gasteiger partial charge on any atom is 0.349 e. The number of methoxy groups -OCH3 is 1. The second-order valence-corrected chi connectivity index (χ2v) is 8.83. The van der Waals surface area contributed by atoms with E-state index < -0.39 is 17.3 Å². The highest BCUT2D eigenvalue weighted by Gasteiger charge is 2.24. The molecule has 0 radical (unpaired) electrons. The zero-order valence-corrected chi connectivity index (χ0v) is 20.8. The monoisotopic (exact) mass is 521 g/mol. The fraction of sp³-hybridized carbons (Fsp3) is 0.259. The number of halogens is 2. The summed E-state index contributed by atoms with van der Waals surface area (Å²) in [7, 11) is 1.35. The van der Waals surface area contributed by atoms with Crippen molar-refractivity contribution in [2.45, 2.75) is 13.3 Å². The van der Waals surface area contributed by atoms with Crippen LogP contribution in [0.4, 0.5) is 26.1 Å². The zero-order chi connectivity index (χ0) is 26.8. The lowest BCUT2D eigenvalue weighted by molar-refractivity contribution is 0.101. The number of hydrogen-bond acceptors (Lipinski definition) is 9. The molecule has 0 amide bonds. The molecule has 0 bridgehead atoms. The van der Waals surface area contributed by atoms with E-state index in [1.807, 2.05) is 4.90 Å². The Kier molecular flexibility index (Phi) is 7.01. The predicted octanol–water partition coefficient (Wildman–Crippen LogP) is 4.28. The molecule has 11 heteroatoms. The Morgan fingerprint density at radius 3 is 2.79 bits per heavy atom. The number of Topliss-reactive ketones (excluding diaryl/α,β-unsaturated/α-hetero) is 1. The number of fused-ring (bicyclic) bond motifs is 1. The van der Waals surface area contributed by atoms with Gasteiger partial charge in [-0.3, -0.25) is 4.79 Å². The lowest BCUT2D eigenvalue weighted by Crippen LogP contribution is -2.31. The largest absolute Gasteiger partial charge is 0.496 e. The number of aromatic nitrogens is 2. The first-order valence-electron chi connectivity index (χ1n) is 12.1. The average molecular weight is 522 g/mol. The molecule has 0 spiro atoms. The minimum absolute atomic E-state index is 0.0277. The van der Waals surface area contributed by atoms with Crippen molar-refractivity contribution in [1.29, 1.82) is 0 Å². The molecule has 1 aliphatic heterocycles. The summed E-state index contributed by atoms with van der Waals surface area (Å²) < 4.78 is 39.0. The fourth-order valence-corrected chi connectivity index (χ4v) is 4.58. The third kappa shape index (κ3) is 4.92. The number of nitrogens with zero attached hydrogens (tertiary/aromatic N) is 3. The van der Waals surface area contributed by atoms with Gasteiger partial charge in [0.05, 0.1) is 19.0 Å². The molecule has 4 aromatic rings. The fourth-order valence-electron chi connectivity index (χ4n) is 4.58. The van der Waals surface area contributed by atoms with Crippen LogP contribution in [0.5, 0.6) is 5.75 Å². The molecular formula is C27H25F2N5O4. The third-order valence-corrected chi connectivity index (χ3v) is 6.31. The van der Waals surface area contributed by atoms with Crippen molar-refractivity contribution in [3.8, 4) is 17.0 Å². The van der Waals surface area contributed by atoms with E-state index in [9.17, 15) is 18.4 Å². The number of carbonyl (C=O) groups is 1. The molecule has 9 nitrogen and oxygen atoms in total. The van der Waals surface area contributed by atoms with Crippen LogP contribution in [0.15, 0.2) is 51.8 Å². The Bertz CT molecular complexity index is 1580. The normalized spacial score (nSPS) is 13.8. The summed E-state index contributed by atoms with van der Waals surface area (Å²) in [5.74, 6) is -1.41. The number of anilines is 3. The Morgan fingerprint density at radius 1 is 1.16 bits per heavy atom. The van der Waals surface area contributed by atoms with Gasteiger partial charge in [-0.15, -0.1) is 0 Å². The maximum atomic E-state index is 14.6. The molecule has 1 aliphatic rings. The van der Waals surface area contributed by atoms with Gasteiger partial charge in [0.25, 0.3) is 0 Å². The van der Waals surface area contributed by atoms with Crippen LogP contribution in [0.1, 0.15) is 23.7 Å². The number of ketones is 1. The first-order chi connectivity index (χ1) is 18.4. The highest BCUT2D eigenvalue weighted by molar-refractivity contribution is 6.07. The van der Waals surface area contributed by atoms with Crippen LogP contribution in [0.2, 0.25) is 0 Å². The molecule has 3 heterocycles. The summed E-state index contributed by atoms with van der Waals surface area (Å²) >= 11 is 0. The Morgan fingerprint density at radius 2 is 2.00 bits per heavy atom. The lowest BCUT2D eigenvalue weighted by Gasteiger charge is -2.25. The van der Waals surface area contributed by atoms with E-state index in [1.165, 1.54) is 26.2 Å². The topological polar surface area (TPSA) is 110 Å². The average Bonchev–Trinajstić information content (AvgIpc) is 3.18. The zero-order valence-electron chi connectivity index (χ0n) is 20.8. The summed E-state index contributed by atoms with van der Waals surface area (Å²) in [6.45, 7) is 4.25. The smallest absolute Gasteiger partial charge is 0.349 e. The second-order valence-electron chi connectivity index (χ2n) is 8.83. The van der Waals surface area contributed by atoms with Crippen LogP contribution in [0, 0.1) is 11.6 Å². The molecule has 5 rings (SSSR count). The molecule has 0 aliphatic carbocycles. The Labute approximate surface area is 216 Å². The summed E-state index contributed by atoms with van der Waals surface area (Å²) in [4.78, 5) is 35.6. The van der Waals surface area contributed by atoms with E-state index in [-0.39, 0.29) is 39.9 Å². The Hall–Kier alpha value is -4.38. The van der Waals surface area contributed by atoms with Crippen molar-refractivity contribution in [3.63, 3.8) is 0 Å². The molecule has 0 unspecified atom stereocenters. The molecule has 2 aromatic heterocycles. The number of benzene rings is 2. The van der Waals surface area contributed by atoms with Crippen molar-refractivity contribution < 1.29 is 22.7 Å². The van der Waals surface area contributed by atoms with E-state index in [0.717, 1.165) is 31.8 Å². The molecular weight excluding hydrogens is 496 g/mol. The number of hydrogen-bond donors (Lipinski definition) is 2. The number of rotatable bonds is 6. The van der Waals surface area contributed by atoms with Crippen LogP contribution in [0.25, 0.3) is 22.2 Å². The quantitative estimate of drug-likeness (QED) is 0.284. The first-order valence-corrected chi connectivity index (χ1v) is 12.1. The minimum atomic E-state index is -0.710. The summed E-state index contributed by atoms with van der Waals surface area (Å²) in [5.41, 5.74) is 0.813. The van der Waals surface area contributed by atoms with E-state index >= 15 is 0 Å². The van der Waals surface area contributed by atoms with Crippen molar-refractivity contribution in [1.82, 2.24) is 15.3 Å². The molecule has 1 saturated heterocycles. The van der Waals surface area contributed by atoms with Crippen LogP contribution < -0.4 is 25.9 Å². The molecule has 0 atom stereocenters. The van der Waals surface area contributed by atoms with Crippen molar-refractivity contribution in [2.75, 3.05) is 43.5 Å². The number of ether oxygens (including phenoxy) is 1.